The van der Waals surface area contributed by atoms with E-state index in [-0.39, 0.29) is 10.9 Å². The molecule has 0 unspecified atom stereocenters. The highest BCUT2D eigenvalue weighted by atomic mass is 32.2. The van der Waals surface area contributed by atoms with Gasteiger partial charge in [-0.25, -0.2) is 12.9 Å². The van der Waals surface area contributed by atoms with E-state index in [9.17, 15) is 8.42 Å². The number of nitrogens with one attached hydrogen (secondary N) is 1. The fourth-order valence-electron chi connectivity index (χ4n) is 4.18. The van der Waals surface area contributed by atoms with Gasteiger partial charge in [0.1, 0.15) is 4.90 Å². The summed E-state index contributed by atoms with van der Waals surface area (Å²) in [4.78, 5) is 4.78. The first kappa shape index (κ1) is 17.6. The van der Waals surface area contributed by atoms with E-state index in [0.29, 0.717) is 24.7 Å². The Morgan fingerprint density at radius 3 is 2.39 bits per heavy atom. The molecule has 1 aromatic carbocycles. The van der Waals surface area contributed by atoms with E-state index in [4.69, 9.17) is 0 Å². The summed E-state index contributed by atoms with van der Waals surface area (Å²) < 4.78 is 28.9. The summed E-state index contributed by atoms with van der Waals surface area (Å²) >= 11 is 0. The number of pyridine rings is 1. The predicted octanol–water partition coefficient (Wildman–Crippen LogP) is 2.48. The van der Waals surface area contributed by atoms with Crippen molar-refractivity contribution in [2.75, 3.05) is 18.4 Å². The molecule has 0 atom stereocenters. The molecule has 5 rings (SSSR count). The van der Waals surface area contributed by atoms with Crippen molar-refractivity contribution in [2.45, 2.75) is 43.0 Å². The molecule has 8 heteroatoms. The number of sulfonamides is 1. The van der Waals surface area contributed by atoms with Crippen molar-refractivity contribution < 1.29 is 8.42 Å². The molecule has 3 heterocycles. The summed E-state index contributed by atoms with van der Waals surface area (Å²) in [5.41, 5.74) is 3.35. The predicted molar refractivity (Wildman–Crippen MR) is 107 cm³/mol. The molecule has 0 bridgehead atoms. The number of anilines is 1. The summed E-state index contributed by atoms with van der Waals surface area (Å²) in [5.74, 6) is 0.533. The first-order valence-corrected chi connectivity index (χ1v) is 11.2. The van der Waals surface area contributed by atoms with Crippen LogP contribution in [0.3, 0.4) is 0 Å². The van der Waals surface area contributed by atoms with Crippen LogP contribution in [0, 0.1) is 0 Å². The molecule has 0 saturated carbocycles. The van der Waals surface area contributed by atoms with Gasteiger partial charge in [0, 0.05) is 19.1 Å². The molecule has 1 aliphatic carbocycles. The summed E-state index contributed by atoms with van der Waals surface area (Å²) in [6.07, 6.45) is 6.39. The van der Waals surface area contributed by atoms with Gasteiger partial charge in [0.2, 0.25) is 16.0 Å². The average molecular weight is 398 g/mol. The van der Waals surface area contributed by atoms with Crippen LogP contribution in [0.5, 0.6) is 0 Å². The first-order valence-electron chi connectivity index (χ1n) is 9.79. The third-order valence-electron chi connectivity index (χ3n) is 5.64. The van der Waals surface area contributed by atoms with Gasteiger partial charge in [-0.1, -0.05) is 30.7 Å². The molecule has 0 radical (unpaired) electrons. The SMILES string of the molecule is O=S(=O)(c1ccc2nc(NC3Cc4ccccc4C3)nn2c1)N1CCCCC1. The Morgan fingerprint density at radius 2 is 1.68 bits per heavy atom. The summed E-state index contributed by atoms with van der Waals surface area (Å²) in [6, 6.07) is 12.1. The molecule has 2 aliphatic rings. The van der Waals surface area contributed by atoms with Crippen LogP contribution in [-0.2, 0) is 22.9 Å². The van der Waals surface area contributed by atoms with Gasteiger partial charge in [0.15, 0.2) is 5.65 Å². The Labute approximate surface area is 164 Å². The van der Waals surface area contributed by atoms with Crippen molar-refractivity contribution in [2.24, 2.45) is 0 Å². The zero-order valence-electron chi connectivity index (χ0n) is 15.6. The number of hydrogen-bond acceptors (Lipinski definition) is 5. The van der Waals surface area contributed by atoms with Crippen LogP contribution in [0.15, 0.2) is 47.5 Å². The first-order chi connectivity index (χ1) is 13.6. The topological polar surface area (TPSA) is 79.6 Å². The van der Waals surface area contributed by atoms with Gasteiger partial charge >= 0.3 is 0 Å². The minimum atomic E-state index is -3.48. The van der Waals surface area contributed by atoms with E-state index in [0.717, 1.165) is 32.1 Å². The second-order valence-corrected chi connectivity index (χ2v) is 9.52. The Bertz CT molecular complexity index is 1090. The summed E-state index contributed by atoms with van der Waals surface area (Å²) in [5, 5.41) is 7.87. The maximum absolute atomic E-state index is 12.9. The number of hydrogen-bond donors (Lipinski definition) is 1. The molecule has 146 valence electrons. The largest absolute Gasteiger partial charge is 0.350 e. The van der Waals surface area contributed by atoms with Crippen LogP contribution in [-0.4, -0.2) is 46.5 Å². The van der Waals surface area contributed by atoms with E-state index in [1.807, 2.05) is 0 Å². The van der Waals surface area contributed by atoms with Crippen molar-refractivity contribution in [1.82, 2.24) is 18.9 Å². The van der Waals surface area contributed by atoms with Gasteiger partial charge < -0.3 is 5.32 Å². The number of benzene rings is 1. The molecule has 28 heavy (non-hydrogen) atoms. The van der Waals surface area contributed by atoms with E-state index in [1.54, 1.807) is 27.2 Å². The zero-order chi connectivity index (χ0) is 19.1. The average Bonchev–Trinajstić information content (AvgIpc) is 3.30. The number of rotatable bonds is 4. The molecule has 0 spiro atoms. The Hall–Kier alpha value is -2.45. The van der Waals surface area contributed by atoms with Crippen molar-refractivity contribution >= 4 is 21.6 Å². The van der Waals surface area contributed by atoms with Gasteiger partial charge in [-0.15, -0.1) is 5.10 Å². The monoisotopic (exact) mass is 397 g/mol. The Balaban J connectivity index is 1.37. The smallest absolute Gasteiger partial charge is 0.244 e. The van der Waals surface area contributed by atoms with E-state index in [2.05, 4.69) is 39.7 Å². The number of nitrogens with zero attached hydrogens (tertiary/aromatic N) is 4. The zero-order valence-corrected chi connectivity index (χ0v) is 16.4. The van der Waals surface area contributed by atoms with Crippen LogP contribution in [0.1, 0.15) is 30.4 Å². The molecule has 3 aromatic rings. The van der Waals surface area contributed by atoms with Gasteiger partial charge in [-0.3, -0.25) is 0 Å². The van der Waals surface area contributed by atoms with Crippen molar-refractivity contribution in [3.8, 4) is 0 Å². The molecule has 0 amide bonds. The second kappa shape index (κ2) is 6.86. The lowest BCUT2D eigenvalue weighted by Gasteiger charge is -2.25. The number of fused-ring (bicyclic) bond motifs is 2. The quantitative estimate of drug-likeness (QED) is 0.732. The number of aromatic nitrogens is 3. The van der Waals surface area contributed by atoms with E-state index >= 15 is 0 Å². The molecule has 2 aromatic heterocycles. The maximum Gasteiger partial charge on any atom is 0.244 e. The fourth-order valence-corrected chi connectivity index (χ4v) is 5.69. The van der Waals surface area contributed by atoms with Crippen molar-refractivity contribution in [3.63, 3.8) is 0 Å². The van der Waals surface area contributed by atoms with Crippen LogP contribution in [0.2, 0.25) is 0 Å². The molecule has 1 fully saturated rings. The molecule has 1 N–H and O–H groups in total. The lowest BCUT2D eigenvalue weighted by Crippen LogP contribution is -2.35. The van der Waals surface area contributed by atoms with E-state index in [1.165, 1.54) is 11.1 Å². The molecule has 7 nitrogen and oxygen atoms in total. The molecular weight excluding hydrogens is 374 g/mol. The highest BCUT2D eigenvalue weighted by Gasteiger charge is 2.27. The lowest BCUT2D eigenvalue weighted by atomic mass is 10.1. The summed E-state index contributed by atoms with van der Waals surface area (Å²) in [6.45, 7) is 1.18. The normalized spacial score (nSPS) is 18.4. The summed E-state index contributed by atoms with van der Waals surface area (Å²) in [7, 11) is -3.48. The molecule has 1 aliphatic heterocycles. The van der Waals surface area contributed by atoms with E-state index < -0.39 is 10.0 Å². The van der Waals surface area contributed by atoms with Gasteiger partial charge in [-0.05, 0) is 48.9 Å². The van der Waals surface area contributed by atoms with Crippen molar-refractivity contribution in [3.05, 3.63) is 53.7 Å². The minimum absolute atomic E-state index is 0.256. The fraction of sp³-hybridized carbons (Fsp3) is 0.400. The Kier molecular flexibility index (Phi) is 4.32. The van der Waals surface area contributed by atoms with Gasteiger partial charge in [0.25, 0.3) is 0 Å². The molecule has 1 saturated heterocycles. The third-order valence-corrected chi connectivity index (χ3v) is 7.52. The van der Waals surface area contributed by atoms with Crippen LogP contribution in [0.25, 0.3) is 5.65 Å². The van der Waals surface area contributed by atoms with Crippen LogP contribution < -0.4 is 5.32 Å². The molecular formula is C20H23N5O2S. The highest BCUT2D eigenvalue weighted by Crippen LogP contribution is 2.24. The van der Waals surface area contributed by atoms with Crippen LogP contribution >= 0.6 is 0 Å². The minimum Gasteiger partial charge on any atom is -0.350 e. The third kappa shape index (κ3) is 3.16. The van der Waals surface area contributed by atoms with Crippen molar-refractivity contribution in [1.29, 1.82) is 0 Å². The number of piperidine rings is 1. The Morgan fingerprint density at radius 1 is 0.964 bits per heavy atom. The lowest BCUT2D eigenvalue weighted by molar-refractivity contribution is 0.346. The van der Waals surface area contributed by atoms with Gasteiger partial charge in [-0.2, -0.15) is 9.29 Å². The van der Waals surface area contributed by atoms with Crippen LogP contribution in [0.4, 0.5) is 5.95 Å². The standard InChI is InChI=1S/C20H23N5O2S/c26-28(27,24-10-4-1-5-11-24)18-8-9-19-22-20(23-25(19)14-18)21-17-12-15-6-2-3-7-16(15)13-17/h2-3,6-9,14,17H,1,4-5,10-13H2,(H,21,23). The highest BCUT2D eigenvalue weighted by molar-refractivity contribution is 7.89. The van der Waals surface area contributed by atoms with Gasteiger partial charge in [0.05, 0.1) is 6.20 Å². The second-order valence-electron chi connectivity index (χ2n) is 7.59. The maximum atomic E-state index is 12.9.